The van der Waals surface area contributed by atoms with E-state index < -0.39 is 0 Å². The molecule has 0 heterocycles. The molecule has 2 aromatic rings. The van der Waals surface area contributed by atoms with Crippen LogP contribution in [0.4, 0.5) is 4.39 Å². The minimum absolute atomic E-state index is 0.0771. The molecule has 0 saturated carbocycles. The van der Waals surface area contributed by atoms with Gasteiger partial charge in [-0.15, -0.1) is 0 Å². The highest BCUT2D eigenvalue weighted by atomic mass is 19.1. The first kappa shape index (κ1) is 14.5. The van der Waals surface area contributed by atoms with Gasteiger partial charge in [0.05, 0.1) is 0 Å². The molecule has 0 saturated heterocycles. The van der Waals surface area contributed by atoms with Crippen LogP contribution in [0.2, 0.25) is 0 Å². The van der Waals surface area contributed by atoms with Crippen LogP contribution in [0.25, 0.3) is 0 Å². The number of para-hydroxylation sites is 1. The SMILES string of the molecule is Cc1cccc(CC(C)N)c1OCc1cccc(F)c1. The van der Waals surface area contributed by atoms with Crippen molar-refractivity contribution in [2.45, 2.75) is 32.9 Å². The summed E-state index contributed by atoms with van der Waals surface area (Å²) in [6.07, 6.45) is 0.764. The van der Waals surface area contributed by atoms with E-state index in [4.69, 9.17) is 10.5 Å². The van der Waals surface area contributed by atoms with E-state index in [9.17, 15) is 4.39 Å². The van der Waals surface area contributed by atoms with Crippen molar-refractivity contribution in [2.75, 3.05) is 0 Å². The zero-order valence-electron chi connectivity index (χ0n) is 11.9. The largest absolute Gasteiger partial charge is 0.488 e. The van der Waals surface area contributed by atoms with Crippen LogP contribution in [0.3, 0.4) is 0 Å². The quantitative estimate of drug-likeness (QED) is 0.903. The number of rotatable bonds is 5. The third-order valence-electron chi connectivity index (χ3n) is 3.11. The van der Waals surface area contributed by atoms with E-state index in [0.29, 0.717) is 6.61 Å². The number of hydrogen-bond acceptors (Lipinski definition) is 2. The maximum atomic E-state index is 13.2. The van der Waals surface area contributed by atoms with Crippen LogP contribution in [0.1, 0.15) is 23.6 Å². The lowest BCUT2D eigenvalue weighted by molar-refractivity contribution is 0.299. The third kappa shape index (κ3) is 3.81. The topological polar surface area (TPSA) is 35.2 Å². The lowest BCUT2D eigenvalue weighted by Crippen LogP contribution is -2.18. The van der Waals surface area contributed by atoms with Crippen LogP contribution in [0.5, 0.6) is 5.75 Å². The minimum atomic E-state index is -0.244. The van der Waals surface area contributed by atoms with Crippen molar-refractivity contribution in [1.29, 1.82) is 0 Å². The highest BCUT2D eigenvalue weighted by Gasteiger charge is 2.09. The summed E-state index contributed by atoms with van der Waals surface area (Å²) >= 11 is 0. The van der Waals surface area contributed by atoms with Crippen LogP contribution < -0.4 is 10.5 Å². The molecule has 3 heteroatoms. The maximum absolute atomic E-state index is 13.2. The molecule has 0 aliphatic carbocycles. The lowest BCUT2D eigenvalue weighted by atomic mass is 10.0. The third-order valence-corrected chi connectivity index (χ3v) is 3.11. The second-order valence-corrected chi connectivity index (χ2v) is 5.16. The van der Waals surface area contributed by atoms with Gasteiger partial charge in [0, 0.05) is 6.04 Å². The highest BCUT2D eigenvalue weighted by Crippen LogP contribution is 2.25. The Labute approximate surface area is 119 Å². The Hall–Kier alpha value is -1.87. The number of hydrogen-bond donors (Lipinski definition) is 1. The van der Waals surface area contributed by atoms with E-state index in [1.807, 2.05) is 38.1 Å². The Morgan fingerprint density at radius 3 is 2.65 bits per heavy atom. The minimum Gasteiger partial charge on any atom is -0.488 e. The average molecular weight is 273 g/mol. The molecular weight excluding hydrogens is 253 g/mol. The van der Waals surface area contributed by atoms with Crippen LogP contribution in [-0.2, 0) is 13.0 Å². The Bertz CT molecular complexity index is 581. The molecule has 0 aliphatic heterocycles. The molecule has 0 fully saturated rings. The summed E-state index contributed by atoms with van der Waals surface area (Å²) in [6, 6.07) is 12.6. The summed E-state index contributed by atoms with van der Waals surface area (Å²) < 4.78 is 19.0. The average Bonchev–Trinajstić information content (AvgIpc) is 2.37. The molecule has 2 nitrogen and oxygen atoms in total. The van der Waals surface area contributed by atoms with Gasteiger partial charge < -0.3 is 10.5 Å². The van der Waals surface area contributed by atoms with Gasteiger partial charge in [-0.3, -0.25) is 0 Å². The molecule has 2 aromatic carbocycles. The molecule has 2 N–H and O–H groups in total. The first-order valence-electron chi connectivity index (χ1n) is 6.77. The number of benzene rings is 2. The van der Waals surface area contributed by atoms with Crippen molar-refractivity contribution in [2.24, 2.45) is 5.73 Å². The summed E-state index contributed by atoms with van der Waals surface area (Å²) in [4.78, 5) is 0. The van der Waals surface area contributed by atoms with E-state index in [2.05, 4.69) is 0 Å². The van der Waals surface area contributed by atoms with Crippen molar-refractivity contribution in [1.82, 2.24) is 0 Å². The number of nitrogens with two attached hydrogens (primary N) is 1. The second kappa shape index (κ2) is 6.53. The summed E-state index contributed by atoms with van der Waals surface area (Å²) in [5.74, 6) is 0.612. The fourth-order valence-corrected chi connectivity index (χ4v) is 2.21. The van der Waals surface area contributed by atoms with Crippen LogP contribution >= 0.6 is 0 Å². The number of ether oxygens (including phenoxy) is 1. The molecule has 0 aromatic heterocycles. The van der Waals surface area contributed by atoms with Crippen molar-refractivity contribution in [3.05, 3.63) is 65.0 Å². The molecule has 106 valence electrons. The van der Waals surface area contributed by atoms with Gasteiger partial charge in [0.2, 0.25) is 0 Å². The van der Waals surface area contributed by atoms with Crippen LogP contribution in [-0.4, -0.2) is 6.04 Å². The molecule has 0 aliphatic rings. The molecule has 0 spiro atoms. The van der Waals surface area contributed by atoms with Crippen molar-refractivity contribution < 1.29 is 9.13 Å². The van der Waals surface area contributed by atoms with Gasteiger partial charge >= 0.3 is 0 Å². The van der Waals surface area contributed by atoms with Crippen molar-refractivity contribution in [3.8, 4) is 5.75 Å². The first-order valence-corrected chi connectivity index (χ1v) is 6.77. The van der Waals surface area contributed by atoms with Gasteiger partial charge in [0.25, 0.3) is 0 Å². The highest BCUT2D eigenvalue weighted by molar-refractivity contribution is 5.41. The molecule has 0 radical (unpaired) electrons. The van der Waals surface area contributed by atoms with Gasteiger partial charge in [-0.05, 0) is 49.1 Å². The van der Waals surface area contributed by atoms with E-state index in [-0.39, 0.29) is 11.9 Å². The summed E-state index contributed by atoms with van der Waals surface area (Å²) in [7, 11) is 0. The Balaban J connectivity index is 2.16. The van der Waals surface area contributed by atoms with E-state index in [1.165, 1.54) is 12.1 Å². The van der Waals surface area contributed by atoms with Crippen LogP contribution in [0.15, 0.2) is 42.5 Å². The number of aryl methyl sites for hydroxylation is 1. The first-order chi connectivity index (χ1) is 9.56. The maximum Gasteiger partial charge on any atom is 0.125 e. The normalized spacial score (nSPS) is 12.2. The van der Waals surface area contributed by atoms with Gasteiger partial charge in [0.1, 0.15) is 18.2 Å². The molecule has 20 heavy (non-hydrogen) atoms. The smallest absolute Gasteiger partial charge is 0.125 e. The van der Waals surface area contributed by atoms with E-state index in [1.54, 1.807) is 6.07 Å². The van der Waals surface area contributed by atoms with Crippen molar-refractivity contribution in [3.63, 3.8) is 0 Å². The molecular formula is C17H20FNO. The predicted molar refractivity (Wildman–Crippen MR) is 79.3 cm³/mol. The Kier molecular flexibility index (Phi) is 4.74. The van der Waals surface area contributed by atoms with Gasteiger partial charge in [-0.2, -0.15) is 0 Å². The fourth-order valence-electron chi connectivity index (χ4n) is 2.21. The van der Waals surface area contributed by atoms with Crippen molar-refractivity contribution >= 4 is 0 Å². The summed E-state index contributed by atoms with van der Waals surface area (Å²) in [5.41, 5.74) is 8.85. The molecule has 0 amide bonds. The Morgan fingerprint density at radius 2 is 1.95 bits per heavy atom. The molecule has 2 rings (SSSR count). The van der Waals surface area contributed by atoms with Gasteiger partial charge in [-0.1, -0.05) is 30.3 Å². The fraction of sp³-hybridized carbons (Fsp3) is 0.294. The molecule has 1 atom stereocenters. The Morgan fingerprint density at radius 1 is 1.20 bits per heavy atom. The summed E-state index contributed by atoms with van der Waals surface area (Å²) in [5, 5.41) is 0. The monoisotopic (exact) mass is 273 g/mol. The summed E-state index contributed by atoms with van der Waals surface area (Å²) in [6.45, 7) is 4.33. The molecule has 1 unspecified atom stereocenters. The zero-order valence-corrected chi connectivity index (χ0v) is 11.9. The standard InChI is InChI=1S/C17H20FNO/c1-12-5-3-7-15(9-13(2)19)17(12)20-11-14-6-4-8-16(18)10-14/h3-8,10,13H,9,11,19H2,1-2H3. The number of halogens is 1. The zero-order chi connectivity index (χ0) is 14.5. The van der Waals surface area contributed by atoms with E-state index in [0.717, 1.165) is 28.9 Å². The molecule has 0 bridgehead atoms. The predicted octanol–water partition coefficient (Wildman–Crippen LogP) is 3.60. The lowest BCUT2D eigenvalue weighted by Gasteiger charge is -2.15. The van der Waals surface area contributed by atoms with Gasteiger partial charge in [0.15, 0.2) is 0 Å². The van der Waals surface area contributed by atoms with Gasteiger partial charge in [-0.25, -0.2) is 4.39 Å². The van der Waals surface area contributed by atoms with E-state index >= 15 is 0 Å². The van der Waals surface area contributed by atoms with Crippen LogP contribution in [0, 0.1) is 12.7 Å². The second-order valence-electron chi connectivity index (χ2n) is 5.16.